The Morgan fingerprint density at radius 2 is 1.11 bits per heavy atom. The topological polar surface area (TPSA) is 90.8 Å². The van der Waals surface area contributed by atoms with Gasteiger partial charge in [-0.2, -0.15) is 23.5 Å². The van der Waals surface area contributed by atoms with Crippen molar-refractivity contribution in [2.24, 2.45) is 0 Å². The Bertz CT molecular complexity index is 1280. The molecule has 2 aromatic heterocycles. The van der Waals surface area contributed by atoms with Crippen molar-refractivity contribution in [3.8, 4) is 11.5 Å². The number of ketones is 1. The number of carbonyl (C=O) groups excluding carboxylic acids is 2. The highest BCUT2D eigenvalue weighted by Crippen LogP contribution is 2.43. The fourth-order valence-corrected chi connectivity index (χ4v) is 19.3. The summed E-state index contributed by atoms with van der Waals surface area (Å²) in [5.41, 5.74) is 3.84. The highest BCUT2D eigenvalue weighted by molar-refractivity contribution is 9.10. The normalized spacial score (nSPS) is 13.6. The first kappa shape index (κ1) is 49.6. The van der Waals surface area contributed by atoms with Gasteiger partial charge in [-0.1, -0.05) is 96.9 Å². The molecule has 302 valence electrons. The van der Waals surface area contributed by atoms with Gasteiger partial charge in [-0.15, -0.1) is 0 Å². The van der Waals surface area contributed by atoms with Gasteiger partial charge >= 0.3 is 0 Å². The number of rotatable bonds is 17. The summed E-state index contributed by atoms with van der Waals surface area (Å²) in [5.74, 6) is 5.11. The fourth-order valence-electron chi connectivity index (χ4n) is 7.51. The third kappa shape index (κ3) is 15.2. The molecule has 3 rings (SSSR count). The molecule has 0 unspecified atom stereocenters. The van der Waals surface area contributed by atoms with E-state index in [4.69, 9.17) is 13.6 Å². The SMILES string of the molecule is CC(C)[Si](Oc1ccc(Br)nc1)(C(C)C)C(C)C.CCSCC(=O)N1CCOCC1.CCSCC(=O)c1ccc(O[Si](C(C)C)(C(C)C)C(C)C)cn1. The molecule has 0 N–H and O–H groups in total. The molecule has 0 atom stereocenters. The van der Waals surface area contributed by atoms with Gasteiger partial charge in [0.05, 0.1) is 37.1 Å². The van der Waals surface area contributed by atoms with Gasteiger partial charge in [0.25, 0.3) is 16.6 Å². The number of Topliss-reactive ketones (excluding diaryl/α,β-unsaturated/α-hetero) is 1. The van der Waals surface area contributed by atoms with E-state index < -0.39 is 16.6 Å². The van der Waals surface area contributed by atoms with Crippen molar-refractivity contribution < 1.29 is 23.2 Å². The van der Waals surface area contributed by atoms with E-state index in [1.54, 1.807) is 35.8 Å². The van der Waals surface area contributed by atoms with Crippen LogP contribution in [-0.2, 0) is 9.53 Å². The summed E-state index contributed by atoms with van der Waals surface area (Å²) in [6, 6.07) is 7.65. The monoisotopic (exact) mass is 871 g/mol. The first-order valence-corrected chi connectivity index (χ1v) is 26.8. The van der Waals surface area contributed by atoms with Gasteiger partial charge in [-0.3, -0.25) is 9.59 Å². The summed E-state index contributed by atoms with van der Waals surface area (Å²) in [5, 5.41) is 0. The van der Waals surface area contributed by atoms with Crippen molar-refractivity contribution in [2.75, 3.05) is 49.3 Å². The Morgan fingerprint density at radius 3 is 1.47 bits per heavy atom. The molecule has 0 radical (unpaired) electrons. The van der Waals surface area contributed by atoms with E-state index in [9.17, 15) is 9.59 Å². The molecule has 53 heavy (non-hydrogen) atoms. The van der Waals surface area contributed by atoms with Crippen LogP contribution in [0.5, 0.6) is 11.5 Å². The molecule has 0 aromatic carbocycles. The summed E-state index contributed by atoms with van der Waals surface area (Å²) in [4.78, 5) is 33.9. The molecule has 1 fully saturated rings. The molecule has 3 heterocycles. The van der Waals surface area contributed by atoms with Crippen molar-refractivity contribution in [2.45, 2.75) is 130 Å². The second-order valence-corrected chi connectivity index (χ2v) is 29.3. The molecule has 1 amide bonds. The molecular formula is C40H70BrN3O5S2Si2. The van der Waals surface area contributed by atoms with Crippen LogP contribution in [0, 0.1) is 0 Å². The minimum atomic E-state index is -1.96. The summed E-state index contributed by atoms with van der Waals surface area (Å²) in [7, 11) is -3.80. The number of halogens is 1. The lowest BCUT2D eigenvalue weighted by molar-refractivity contribution is -0.132. The van der Waals surface area contributed by atoms with Crippen molar-refractivity contribution in [3.63, 3.8) is 0 Å². The molecule has 2 aromatic rings. The molecule has 0 spiro atoms. The highest BCUT2D eigenvalue weighted by atomic mass is 79.9. The van der Waals surface area contributed by atoms with E-state index in [2.05, 4.69) is 123 Å². The lowest BCUT2D eigenvalue weighted by atomic mass is 10.3. The van der Waals surface area contributed by atoms with E-state index in [0.717, 1.165) is 40.7 Å². The zero-order valence-electron chi connectivity index (χ0n) is 35.2. The summed E-state index contributed by atoms with van der Waals surface area (Å²) in [6.07, 6.45) is 3.54. The Hall–Kier alpha value is -1.39. The van der Waals surface area contributed by atoms with E-state index in [-0.39, 0.29) is 11.7 Å². The van der Waals surface area contributed by atoms with E-state index in [1.807, 2.05) is 29.3 Å². The number of thioether (sulfide) groups is 2. The van der Waals surface area contributed by atoms with Gasteiger partial charge in [0.1, 0.15) is 21.8 Å². The van der Waals surface area contributed by atoms with Crippen LogP contribution in [0.3, 0.4) is 0 Å². The first-order chi connectivity index (χ1) is 24.9. The summed E-state index contributed by atoms with van der Waals surface area (Å²) in [6.45, 7) is 34.4. The minimum absolute atomic E-state index is 0.0866. The highest BCUT2D eigenvalue weighted by Gasteiger charge is 2.48. The van der Waals surface area contributed by atoms with Crippen molar-refractivity contribution >= 4 is 67.8 Å². The number of hydrogen-bond donors (Lipinski definition) is 0. The predicted molar refractivity (Wildman–Crippen MR) is 237 cm³/mol. The molecule has 13 heteroatoms. The van der Waals surface area contributed by atoms with Gasteiger partial charge in [0.15, 0.2) is 5.78 Å². The fraction of sp³-hybridized carbons (Fsp3) is 0.700. The Labute approximate surface area is 341 Å². The third-order valence-corrected chi connectivity index (χ3v) is 24.2. The number of ether oxygens (including phenoxy) is 1. The molecular weight excluding hydrogens is 803 g/mol. The van der Waals surface area contributed by atoms with Crippen LogP contribution in [0.2, 0.25) is 33.2 Å². The largest absolute Gasteiger partial charge is 0.542 e. The molecule has 1 aliphatic heterocycles. The second kappa shape index (κ2) is 25.0. The maximum absolute atomic E-state index is 12.0. The number of amides is 1. The van der Waals surface area contributed by atoms with Crippen LogP contribution in [-0.4, -0.2) is 92.5 Å². The lowest BCUT2D eigenvalue weighted by Crippen LogP contribution is -2.50. The Kier molecular flexibility index (Phi) is 23.4. The van der Waals surface area contributed by atoms with Gasteiger partial charge in [-0.05, 0) is 84.9 Å². The van der Waals surface area contributed by atoms with E-state index in [0.29, 0.717) is 63.7 Å². The Morgan fingerprint density at radius 1 is 0.698 bits per heavy atom. The standard InChI is InChI=1S/C18H31NO2SSi.C14H24BrNOSi.C8H15NO2S/c1-8-22-12-18(20)17-10-9-16(11-19-17)21-23(13(2)3,14(4)5)15(6)7;1-10(2)18(11(3)4,12(5)6)17-13-7-8-14(15)16-9-13;1-2-12-7-8(10)9-3-5-11-6-4-9/h9-11,13-15H,8,12H2,1-7H3;7-12H,1-6H3;2-7H2,1H3. The lowest BCUT2D eigenvalue weighted by Gasteiger charge is -2.42. The number of morpholine rings is 1. The summed E-state index contributed by atoms with van der Waals surface area (Å²) < 4.78 is 19.1. The molecule has 1 saturated heterocycles. The van der Waals surface area contributed by atoms with Crippen LogP contribution in [0.1, 0.15) is 107 Å². The average Bonchev–Trinajstić information content (AvgIpc) is 3.11. The molecule has 0 aliphatic carbocycles. The number of aromatic nitrogens is 2. The minimum Gasteiger partial charge on any atom is -0.542 e. The number of carbonyl (C=O) groups is 2. The molecule has 8 nitrogen and oxygen atoms in total. The van der Waals surface area contributed by atoms with Crippen LogP contribution in [0.15, 0.2) is 41.3 Å². The van der Waals surface area contributed by atoms with E-state index in [1.165, 1.54) is 0 Å². The van der Waals surface area contributed by atoms with E-state index >= 15 is 0 Å². The van der Waals surface area contributed by atoms with Crippen molar-refractivity contribution in [1.82, 2.24) is 14.9 Å². The average molecular weight is 873 g/mol. The quantitative estimate of drug-likeness (QED) is 0.0875. The zero-order chi connectivity index (χ0) is 40.4. The van der Waals surface area contributed by atoms with Crippen molar-refractivity contribution in [1.29, 1.82) is 0 Å². The van der Waals surface area contributed by atoms with Crippen LogP contribution >= 0.6 is 39.5 Å². The maximum Gasteiger partial charge on any atom is 0.258 e. The smallest absolute Gasteiger partial charge is 0.258 e. The molecule has 0 bridgehead atoms. The van der Waals surface area contributed by atoms with Gasteiger partial charge in [-0.25, -0.2) is 9.97 Å². The zero-order valence-corrected chi connectivity index (χ0v) is 40.4. The number of hydrogen-bond acceptors (Lipinski definition) is 9. The summed E-state index contributed by atoms with van der Waals surface area (Å²) >= 11 is 6.66. The first-order valence-electron chi connectivity index (χ1n) is 19.4. The van der Waals surface area contributed by atoms with Crippen LogP contribution < -0.4 is 8.85 Å². The Balaban J connectivity index is 0.000000417. The van der Waals surface area contributed by atoms with Crippen molar-refractivity contribution in [3.05, 3.63) is 47.0 Å². The molecule has 1 aliphatic rings. The predicted octanol–water partition coefficient (Wildman–Crippen LogP) is 11.6. The van der Waals surface area contributed by atoms with Gasteiger partial charge < -0.3 is 18.5 Å². The van der Waals surface area contributed by atoms with Gasteiger partial charge in [0, 0.05) is 13.1 Å². The molecule has 0 saturated carbocycles. The van der Waals surface area contributed by atoms with Crippen LogP contribution in [0.4, 0.5) is 0 Å². The third-order valence-electron chi connectivity index (χ3n) is 9.96. The maximum atomic E-state index is 12.0. The number of nitrogens with zero attached hydrogens (tertiary/aromatic N) is 3. The number of pyridine rings is 2. The van der Waals surface area contributed by atoms with Gasteiger partial charge in [0.2, 0.25) is 5.91 Å². The second-order valence-electron chi connectivity index (χ2n) is 15.2. The van der Waals surface area contributed by atoms with Crippen LogP contribution in [0.25, 0.3) is 0 Å².